The van der Waals surface area contributed by atoms with Crippen molar-refractivity contribution in [2.24, 2.45) is 5.41 Å². The molecular formula is C23H28ClFN4O4S. The van der Waals surface area contributed by atoms with Crippen molar-refractivity contribution in [2.75, 3.05) is 43.1 Å². The number of carbonyl (C=O) groups excluding carboxylic acids is 3. The molecule has 3 rings (SSSR count). The fourth-order valence-corrected chi connectivity index (χ4v) is 4.17. The molecular weight excluding hydrogens is 483 g/mol. The Balaban J connectivity index is 1.68. The van der Waals surface area contributed by atoms with Crippen LogP contribution in [0.5, 0.6) is 0 Å². The molecule has 0 aliphatic carbocycles. The number of anilines is 2. The maximum atomic E-state index is 14.7. The molecule has 11 heteroatoms. The fraction of sp³-hybridized carbons (Fsp3) is 0.435. The Morgan fingerprint density at radius 2 is 2.03 bits per heavy atom. The molecule has 1 saturated heterocycles. The smallest absolute Gasteiger partial charge is 0.261 e. The van der Waals surface area contributed by atoms with Crippen LogP contribution in [0.1, 0.15) is 30.4 Å². The van der Waals surface area contributed by atoms with Crippen LogP contribution in [0, 0.1) is 11.2 Å². The number of hydrogen-bond donors (Lipinski definition) is 3. The summed E-state index contributed by atoms with van der Waals surface area (Å²) in [6.07, 6.45) is 0. The van der Waals surface area contributed by atoms with E-state index in [9.17, 15) is 18.8 Å². The van der Waals surface area contributed by atoms with E-state index in [4.69, 9.17) is 16.3 Å². The molecule has 184 valence electrons. The third kappa shape index (κ3) is 7.23. The highest BCUT2D eigenvalue weighted by molar-refractivity contribution is 7.18. The number of ether oxygens (including phenoxy) is 1. The molecule has 0 spiro atoms. The SMILES string of the molecule is CC(C)(C)CN[C@H](CNC(=O)c1ccc(Cl)s1)C(=O)Nc1ccc(N2CCOCC2=O)c(F)c1. The first-order valence-corrected chi connectivity index (χ1v) is 12.0. The number of hydrogen-bond acceptors (Lipinski definition) is 6. The van der Waals surface area contributed by atoms with Crippen molar-refractivity contribution >= 4 is 52.0 Å². The Morgan fingerprint density at radius 1 is 1.26 bits per heavy atom. The third-order valence-corrected chi connectivity index (χ3v) is 6.18. The second kappa shape index (κ2) is 11.3. The van der Waals surface area contributed by atoms with Gasteiger partial charge in [0.25, 0.3) is 11.8 Å². The number of benzene rings is 1. The molecule has 1 aliphatic heterocycles. The van der Waals surface area contributed by atoms with Gasteiger partial charge in [-0.1, -0.05) is 32.4 Å². The van der Waals surface area contributed by atoms with E-state index in [1.54, 1.807) is 12.1 Å². The molecule has 1 aromatic heterocycles. The van der Waals surface area contributed by atoms with Crippen LogP contribution in [0.3, 0.4) is 0 Å². The van der Waals surface area contributed by atoms with E-state index in [2.05, 4.69) is 16.0 Å². The Kier molecular flexibility index (Phi) is 8.64. The van der Waals surface area contributed by atoms with E-state index in [1.807, 2.05) is 20.8 Å². The number of carbonyl (C=O) groups is 3. The van der Waals surface area contributed by atoms with Gasteiger partial charge in [-0.2, -0.15) is 0 Å². The molecule has 3 N–H and O–H groups in total. The van der Waals surface area contributed by atoms with Crippen LogP contribution in [0.25, 0.3) is 0 Å². The summed E-state index contributed by atoms with van der Waals surface area (Å²) in [5.74, 6) is -1.72. The fourth-order valence-electron chi connectivity index (χ4n) is 3.21. The zero-order valence-electron chi connectivity index (χ0n) is 19.2. The van der Waals surface area contributed by atoms with Gasteiger partial charge < -0.3 is 25.6 Å². The van der Waals surface area contributed by atoms with Gasteiger partial charge in [0.15, 0.2) is 0 Å². The lowest BCUT2D eigenvalue weighted by Gasteiger charge is -2.27. The molecule has 8 nitrogen and oxygen atoms in total. The standard InChI is InChI=1S/C23H28ClFN4O4S/c1-23(2,3)13-27-16(11-26-22(32)18-6-7-19(24)34-18)21(31)28-14-4-5-17(15(25)10-14)29-8-9-33-12-20(29)30/h4-7,10,16,27H,8-9,11-13H2,1-3H3,(H,26,32)(H,28,31)/t16-/m1/s1. The number of morpholine rings is 1. The van der Waals surface area contributed by atoms with Crippen molar-refractivity contribution in [3.63, 3.8) is 0 Å². The van der Waals surface area contributed by atoms with Crippen LogP contribution in [0.15, 0.2) is 30.3 Å². The Morgan fingerprint density at radius 3 is 2.65 bits per heavy atom. The molecule has 0 bridgehead atoms. The van der Waals surface area contributed by atoms with Crippen LogP contribution >= 0.6 is 22.9 Å². The molecule has 2 heterocycles. The highest BCUT2D eigenvalue weighted by Crippen LogP contribution is 2.24. The number of halogens is 2. The third-order valence-electron chi connectivity index (χ3n) is 4.95. The summed E-state index contributed by atoms with van der Waals surface area (Å²) in [5, 5.41) is 8.60. The lowest BCUT2D eigenvalue weighted by molar-refractivity contribution is -0.125. The highest BCUT2D eigenvalue weighted by Gasteiger charge is 2.25. The zero-order valence-corrected chi connectivity index (χ0v) is 20.8. The van der Waals surface area contributed by atoms with Gasteiger partial charge in [0.05, 0.1) is 21.5 Å². The van der Waals surface area contributed by atoms with Crippen LogP contribution in [-0.4, -0.2) is 56.6 Å². The van der Waals surface area contributed by atoms with Crippen LogP contribution in [0.4, 0.5) is 15.8 Å². The molecule has 1 aliphatic rings. The van der Waals surface area contributed by atoms with Crippen LogP contribution in [0.2, 0.25) is 4.34 Å². The number of thiophene rings is 1. The monoisotopic (exact) mass is 510 g/mol. The predicted molar refractivity (Wildman–Crippen MR) is 131 cm³/mol. The average molecular weight is 511 g/mol. The Bertz CT molecular complexity index is 1060. The molecule has 0 saturated carbocycles. The van der Waals surface area contributed by atoms with E-state index < -0.39 is 17.8 Å². The zero-order chi connectivity index (χ0) is 24.9. The van der Waals surface area contributed by atoms with Crippen molar-refractivity contribution in [3.05, 3.63) is 45.4 Å². The largest absolute Gasteiger partial charge is 0.370 e. The van der Waals surface area contributed by atoms with E-state index in [0.717, 1.165) is 11.3 Å². The van der Waals surface area contributed by atoms with Crippen molar-refractivity contribution in [2.45, 2.75) is 26.8 Å². The molecule has 1 aromatic carbocycles. The van der Waals surface area contributed by atoms with E-state index in [0.29, 0.717) is 22.4 Å². The minimum absolute atomic E-state index is 0.0269. The van der Waals surface area contributed by atoms with Gasteiger partial charge in [-0.15, -0.1) is 11.3 Å². The summed E-state index contributed by atoms with van der Waals surface area (Å²) in [6.45, 7) is 7.08. The van der Waals surface area contributed by atoms with Crippen LogP contribution < -0.4 is 20.9 Å². The molecule has 3 amide bonds. The second-order valence-electron chi connectivity index (χ2n) is 9.06. The maximum absolute atomic E-state index is 14.7. The summed E-state index contributed by atoms with van der Waals surface area (Å²) in [6, 6.07) is 6.64. The van der Waals surface area contributed by atoms with Crippen molar-refractivity contribution in [3.8, 4) is 0 Å². The van der Waals surface area contributed by atoms with Crippen LogP contribution in [-0.2, 0) is 14.3 Å². The van der Waals surface area contributed by atoms with E-state index in [1.165, 1.54) is 23.1 Å². The van der Waals surface area contributed by atoms with Gasteiger partial charge in [-0.25, -0.2) is 4.39 Å². The first-order valence-electron chi connectivity index (χ1n) is 10.8. The van der Waals surface area contributed by atoms with Gasteiger partial charge in [0.2, 0.25) is 5.91 Å². The summed E-state index contributed by atoms with van der Waals surface area (Å²) >= 11 is 7.04. The molecule has 0 radical (unpaired) electrons. The van der Waals surface area contributed by atoms with Gasteiger partial charge in [0.1, 0.15) is 18.5 Å². The number of amides is 3. The summed E-state index contributed by atoms with van der Waals surface area (Å²) in [5.41, 5.74) is 0.267. The van der Waals surface area contributed by atoms with E-state index >= 15 is 0 Å². The van der Waals surface area contributed by atoms with E-state index in [-0.39, 0.29) is 48.3 Å². The summed E-state index contributed by atoms with van der Waals surface area (Å²) in [7, 11) is 0. The predicted octanol–water partition coefficient (Wildman–Crippen LogP) is 3.28. The second-order valence-corrected chi connectivity index (χ2v) is 10.8. The van der Waals surface area contributed by atoms with Crippen molar-refractivity contribution in [1.82, 2.24) is 10.6 Å². The number of nitrogens with zero attached hydrogens (tertiary/aromatic N) is 1. The minimum atomic E-state index is -0.762. The molecule has 1 fully saturated rings. The highest BCUT2D eigenvalue weighted by atomic mass is 35.5. The maximum Gasteiger partial charge on any atom is 0.261 e. The first-order chi connectivity index (χ1) is 16.0. The Labute approximate surface area is 206 Å². The number of nitrogens with one attached hydrogen (secondary N) is 3. The Hall–Kier alpha value is -2.53. The molecule has 34 heavy (non-hydrogen) atoms. The molecule has 0 unspecified atom stereocenters. The average Bonchev–Trinajstić information content (AvgIpc) is 3.20. The summed E-state index contributed by atoms with van der Waals surface area (Å²) in [4.78, 5) is 39.1. The summed E-state index contributed by atoms with van der Waals surface area (Å²) < 4.78 is 20.3. The molecule has 1 atom stereocenters. The van der Waals surface area contributed by atoms with Gasteiger partial charge in [0, 0.05) is 25.3 Å². The van der Waals surface area contributed by atoms with Gasteiger partial charge in [-0.05, 0) is 35.7 Å². The van der Waals surface area contributed by atoms with Gasteiger partial charge >= 0.3 is 0 Å². The van der Waals surface area contributed by atoms with Gasteiger partial charge in [-0.3, -0.25) is 14.4 Å². The van der Waals surface area contributed by atoms with Crippen molar-refractivity contribution in [1.29, 1.82) is 0 Å². The lowest BCUT2D eigenvalue weighted by Crippen LogP contribution is -2.50. The van der Waals surface area contributed by atoms with Crippen molar-refractivity contribution < 1.29 is 23.5 Å². The first kappa shape index (κ1) is 26.1. The number of rotatable bonds is 8. The lowest BCUT2D eigenvalue weighted by atomic mass is 9.96. The minimum Gasteiger partial charge on any atom is -0.370 e. The molecule has 2 aromatic rings. The quantitative estimate of drug-likeness (QED) is 0.506. The normalized spacial score (nSPS) is 15.2. The topological polar surface area (TPSA) is 99.8 Å².